The van der Waals surface area contributed by atoms with Crippen molar-refractivity contribution in [3.63, 3.8) is 0 Å². The molecule has 0 fully saturated rings. The molecule has 68 valence electrons. The van der Waals surface area contributed by atoms with Gasteiger partial charge in [-0.05, 0) is 7.05 Å². The third-order valence-corrected chi connectivity index (χ3v) is 2.42. The molecule has 0 aromatic carbocycles. The van der Waals surface area contributed by atoms with Crippen molar-refractivity contribution in [2.24, 2.45) is 5.73 Å². The van der Waals surface area contributed by atoms with Gasteiger partial charge in [-0.25, -0.2) is 0 Å². The first-order chi connectivity index (χ1) is 5.74. The molecule has 0 aliphatic carbocycles. The lowest BCUT2D eigenvalue weighted by Gasteiger charge is -2.12. The first-order valence-electron chi connectivity index (χ1n) is 3.59. The van der Waals surface area contributed by atoms with E-state index < -0.39 is 0 Å². The van der Waals surface area contributed by atoms with E-state index in [1.165, 1.54) is 11.5 Å². The van der Waals surface area contributed by atoms with Gasteiger partial charge in [0.2, 0.25) is 0 Å². The van der Waals surface area contributed by atoms with E-state index in [1.807, 2.05) is 7.05 Å². The fraction of sp³-hybridized carbons (Fsp3) is 0.667. The molecule has 2 N–H and O–H groups in total. The SMILES string of the molecule is CN(CCN)Cc1nnsc1Cl. The number of aromatic nitrogens is 2. The summed E-state index contributed by atoms with van der Waals surface area (Å²) < 4.78 is 4.40. The molecule has 1 aromatic heterocycles. The van der Waals surface area contributed by atoms with Crippen molar-refractivity contribution in [3.05, 3.63) is 10.0 Å². The maximum atomic E-state index is 5.82. The van der Waals surface area contributed by atoms with Gasteiger partial charge in [0.05, 0.1) is 0 Å². The highest BCUT2D eigenvalue weighted by atomic mass is 35.5. The summed E-state index contributed by atoms with van der Waals surface area (Å²) in [6.07, 6.45) is 0. The van der Waals surface area contributed by atoms with Crippen LogP contribution in [0.25, 0.3) is 0 Å². The Bertz CT molecular complexity index is 239. The van der Waals surface area contributed by atoms with Crippen LogP contribution in [0.15, 0.2) is 0 Å². The molecular formula is C6H11ClN4S. The highest BCUT2D eigenvalue weighted by Crippen LogP contribution is 2.17. The number of hydrogen-bond donors (Lipinski definition) is 1. The quantitative estimate of drug-likeness (QED) is 0.783. The van der Waals surface area contributed by atoms with Crippen LogP contribution >= 0.6 is 23.1 Å². The summed E-state index contributed by atoms with van der Waals surface area (Å²) in [5.41, 5.74) is 6.22. The van der Waals surface area contributed by atoms with Crippen LogP contribution in [0.4, 0.5) is 0 Å². The molecule has 1 heterocycles. The average Bonchev–Trinajstić information content (AvgIpc) is 2.37. The van der Waals surface area contributed by atoms with E-state index in [1.54, 1.807) is 0 Å². The molecule has 1 rings (SSSR count). The molecule has 0 bridgehead atoms. The predicted molar refractivity (Wildman–Crippen MR) is 50.3 cm³/mol. The zero-order valence-electron chi connectivity index (χ0n) is 6.83. The molecule has 0 saturated heterocycles. The van der Waals surface area contributed by atoms with E-state index in [2.05, 4.69) is 14.5 Å². The van der Waals surface area contributed by atoms with Crippen LogP contribution in [0.1, 0.15) is 5.69 Å². The fourth-order valence-electron chi connectivity index (χ4n) is 0.846. The monoisotopic (exact) mass is 206 g/mol. The molecule has 12 heavy (non-hydrogen) atoms. The van der Waals surface area contributed by atoms with E-state index in [0.717, 1.165) is 12.2 Å². The minimum Gasteiger partial charge on any atom is -0.329 e. The van der Waals surface area contributed by atoms with Crippen molar-refractivity contribution in [2.75, 3.05) is 20.1 Å². The molecule has 0 unspecified atom stereocenters. The highest BCUT2D eigenvalue weighted by molar-refractivity contribution is 7.10. The lowest BCUT2D eigenvalue weighted by Crippen LogP contribution is -2.25. The largest absolute Gasteiger partial charge is 0.329 e. The van der Waals surface area contributed by atoms with E-state index in [-0.39, 0.29) is 0 Å². The minimum atomic E-state index is 0.645. The second-order valence-electron chi connectivity index (χ2n) is 2.52. The van der Waals surface area contributed by atoms with E-state index in [9.17, 15) is 0 Å². The van der Waals surface area contributed by atoms with Crippen molar-refractivity contribution in [2.45, 2.75) is 6.54 Å². The van der Waals surface area contributed by atoms with Gasteiger partial charge in [0.25, 0.3) is 0 Å². The van der Waals surface area contributed by atoms with E-state index in [4.69, 9.17) is 17.3 Å². The van der Waals surface area contributed by atoms with Gasteiger partial charge in [0, 0.05) is 31.2 Å². The zero-order chi connectivity index (χ0) is 8.97. The molecule has 0 aliphatic rings. The number of halogens is 1. The second kappa shape index (κ2) is 4.71. The van der Waals surface area contributed by atoms with Crippen LogP contribution in [-0.2, 0) is 6.54 Å². The zero-order valence-corrected chi connectivity index (χ0v) is 8.40. The summed E-state index contributed by atoms with van der Waals surface area (Å²) >= 11 is 7.03. The molecule has 0 radical (unpaired) electrons. The summed E-state index contributed by atoms with van der Waals surface area (Å²) in [5, 5.41) is 3.89. The van der Waals surface area contributed by atoms with Crippen LogP contribution in [0.2, 0.25) is 4.34 Å². The van der Waals surface area contributed by atoms with Gasteiger partial charge in [-0.3, -0.25) is 4.90 Å². The van der Waals surface area contributed by atoms with Gasteiger partial charge < -0.3 is 5.73 Å². The Labute approximate surface area is 80.5 Å². The number of nitrogens with two attached hydrogens (primary N) is 1. The minimum absolute atomic E-state index is 0.645. The third kappa shape index (κ3) is 2.67. The average molecular weight is 207 g/mol. The number of likely N-dealkylation sites (N-methyl/N-ethyl adjacent to an activating group) is 1. The predicted octanol–water partition coefficient (Wildman–Crippen LogP) is 0.582. The standard InChI is InChI=1S/C6H11ClN4S/c1-11(3-2-8)4-5-6(7)12-10-9-5/h2-4,8H2,1H3. The van der Waals surface area contributed by atoms with Crippen LogP contribution in [-0.4, -0.2) is 34.6 Å². The molecule has 0 amide bonds. The third-order valence-electron chi connectivity index (χ3n) is 1.44. The first kappa shape index (κ1) is 9.85. The summed E-state index contributed by atoms with van der Waals surface area (Å²) in [4.78, 5) is 2.06. The summed E-state index contributed by atoms with van der Waals surface area (Å²) in [5.74, 6) is 0. The Balaban J connectivity index is 2.46. The topological polar surface area (TPSA) is 55.0 Å². The molecule has 0 saturated carbocycles. The number of hydrogen-bond acceptors (Lipinski definition) is 5. The lowest BCUT2D eigenvalue weighted by atomic mass is 10.4. The number of nitrogens with zero attached hydrogens (tertiary/aromatic N) is 3. The number of rotatable bonds is 4. The van der Waals surface area contributed by atoms with Crippen molar-refractivity contribution in [1.29, 1.82) is 0 Å². The molecule has 4 nitrogen and oxygen atoms in total. The maximum absolute atomic E-state index is 5.82. The van der Waals surface area contributed by atoms with Gasteiger partial charge in [-0.15, -0.1) is 5.10 Å². The maximum Gasteiger partial charge on any atom is 0.138 e. The Morgan fingerprint density at radius 3 is 2.92 bits per heavy atom. The molecule has 0 aliphatic heterocycles. The van der Waals surface area contributed by atoms with Gasteiger partial charge in [-0.1, -0.05) is 16.1 Å². The van der Waals surface area contributed by atoms with Crippen LogP contribution < -0.4 is 5.73 Å². The van der Waals surface area contributed by atoms with E-state index >= 15 is 0 Å². The van der Waals surface area contributed by atoms with Crippen molar-refractivity contribution >= 4 is 23.1 Å². The Morgan fingerprint density at radius 2 is 2.42 bits per heavy atom. The molecule has 6 heteroatoms. The highest BCUT2D eigenvalue weighted by Gasteiger charge is 2.07. The Kier molecular flexibility index (Phi) is 3.87. The summed E-state index contributed by atoms with van der Waals surface area (Å²) in [7, 11) is 1.97. The normalized spacial score (nSPS) is 11.0. The second-order valence-corrected chi connectivity index (χ2v) is 3.88. The lowest BCUT2D eigenvalue weighted by molar-refractivity contribution is 0.332. The molecule has 1 aromatic rings. The Hall–Kier alpha value is -0.230. The summed E-state index contributed by atoms with van der Waals surface area (Å²) in [6, 6.07) is 0. The first-order valence-corrected chi connectivity index (χ1v) is 4.74. The molecule has 0 spiro atoms. The van der Waals surface area contributed by atoms with Crippen molar-refractivity contribution in [1.82, 2.24) is 14.5 Å². The Morgan fingerprint density at radius 1 is 1.67 bits per heavy atom. The molecule has 0 atom stereocenters. The van der Waals surface area contributed by atoms with Gasteiger partial charge in [0.1, 0.15) is 10.0 Å². The van der Waals surface area contributed by atoms with Gasteiger partial charge in [0.15, 0.2) is 0 Å². The smallest absolute Gasteiger partial charge is 0.138 e. The van der Waals surface area contributed by atoms with E-state index in [0.29, 0.717) is 17.4 Å². The van der Waals surface area contributed by atoms with Gasteiger partial charge in [-0.2, -0.15) is 0 Å². The van der Waals surface area contributed by atoms with Crippen LogP contribution in [0.5, 0.6) is 0 Å². The molecular weight excluding hydrogens is 196 g/mol. The van der Waals surface area contributed by atoms with Crippen LogP contribution in [0, 0.1) is 0 Å². The van der Waals surface area contributed by atoms with Crippen molar-refractivity contribution in [3.8, 4) is 0 Å². The van der Waals surface area contributed by atoms with Crippen LogP contribution in [0.3, 0.4) is 0 Å². The summed E-state index contributed by atoms with van der Waals surface area (Å²) in [6.45, 7) is 2.20. The van der Waals surface area contributed by atoms with Gasteiger partial charge >= 0.3 is 0 Å². The van der Waals surface area contributed by atoms with Crippen molar-refractivity contribution < 1.29 is 0 Å². The fourth-order valence-corrected chi connectivity index (χ4v) is 1.46.